The minimum Gasteiger partial charge on any atom is -0.396 e. The Bertz CT molecular complexity index is 604. The van der Waals surface area contributed by atoms with Crippen molar-refractivity contribution in [2.45, 2.75) is 0 Å². The van der Waals surface area contributed by atoms with Crippen molar-refractivity contribution < 1.29 is 9.18 Å². The quantitative estimate of drug-likeness (QED) is 0.896. The minimum atomic E-state index is -0.621. The number of carbonyl (C=O) groups excluding carboxylic acids is 1. The van der Waals surface area contributed by atoms with E-state index >= 15 is 0 Å². The normalized spacial score (nSPS) is 10.1. The first-order valence-electron chi connectivity index (χ1n) is 5.05. The van der Waals surface area contributed by atoms with Crippen LogP contribution in [-0.2, 0) is 0 Å². The third kappa shape index (κ3) is 2.48. The first-order valence-corrected chi connectivity index (χ1v) is 5.84. The van der Waals surface area contributed by atoms with E-state index in [-0.39, 0.29) is 15.9 Å². The first kappa shape index (κ1) is 12.5. The molecule has 18 heavy (non-hydrogen) atoms. The van der Waals surface area contributed by atoms with Crippen LogP contribution in [0.3, 0.4) is 0 Å². The van der Waals surface area contributed by atoms with Crippen LogP contribution in [0.25, 0.3) is 0 Å². The zero-order valence-corrected chi connectivity index (χ0v) is 10.7. The largest absolute Gasteiger partial charge is 0.396 e. The second kappa shape index (κ2) is 5.14. The Morgan fingerprint density at radius 2 is 2.11 bits per heavy atom. The molecule has 0 aliphatic rings. The number of nitrogen functional groups attached to an aromatic ring is 1. The Kier molecular flexibility index (Phi) is 3.57. The lowest BCUT2D eigenvalue weighted by Gasteiger charge is -2.07. The number of amides is 1. The molecule has 1 aromatic heterocycles. The Labute approximate surface area is 111 Å². The van der Waals surface area contributed by atoms with E-state index in [1.54, 1.807) is 18.2 Å². The predicted octanol–water partition coefficient (Wildman–Crippen LogP) is 2.82. The van der Waals surface area contributed by atoms with Gasteiger partial charge in [0.1, 0.15) is 5.82 Å². The van der Waals surface area contributed by atoms with Gasteiger partial charge in [-0.25, -0.2) is 9.37 Å². The number of halogens is 2. The number of benzene rings is 1. The van der Waals surface area contributed by atoms with Crippen LogP contribution in [-0.4, -0.2) is 10.9 Å². The van der Waals surface area contributed by atoms with Gasteiger partial charge in [-0.1, -0.05) is 6.07 Å². The van der Waals surface area contributed by atoms with Crippen molar-refractivity contribution in [1.29, 1.82) is 0 Å². The van der Waals surface area contributed by atoms with Gasteiger partial charge < -0.3 is 11.1 Å². The average molecular weight is 310 g/mol. The molecule has 0 saturated heterocycles. The Morgan fingerprint density at radius 3 is 2.83 bits per heavy atom. The van der Waals surface area contributed by atoms with Crippen molar-refractivity contribution in [3.05, 3.63) is 52.4 Å². The Balaban J connectivity index is 2.28. The Hall–Kier alpha value is -1.95. The zero-order valence-electron chi connectivity index (χ0n) is 9.15. The monoisotopic (exact) mass is 309 g/mol. The molecule has 0 unspecified atom stereocenters. The minimum absolute atomic E-state index is 0.0746. The lowest BCUT2D eigenvalue weighted by molar-refractivity contribution is 0.102. The highest BCUT2D eigenvalue weighted by Gasteiger charge is 2.15. The lowest BCUT2D eigenvalue weighted by Crippen LogP contribution is -2.16. The van der Waals surface area contributed by atoms with E-state index in [9.17, 15) is 9.18 Å². The van der Waals surface area contributed by atoms with Gasteiger partial charge >= 0.3 is 0 Å². The third-order valence-electron chi connectivity index (χ3n) is 2.27. The SMILES string of the molecule is Nc1cccnc1NC(=O)c1cccc(Br)c1F. The number of nitrogens with one attached hydrogen (secondary N) is 1. The van der Waals surface area contributed by atoms with Crippen LogP contribution >= 0.6 is 15.9 Å². The first-order chi connectivity index (χ1) is 8.59. The molecule has 3 N–H and O–H groups in total. The van der Waals surface area contributed by atoms with E-state index < -0.39 is 11.7 Å². The van der Waals surface area contributed by atoms with Crippen LogP contribution in [0.15, 0.2) is 41.0 Å². The molecule has 2 aromatic rings. The van der Waals surface area contributed by atoms with Crippen molar-refractivity contribution in [3.63, 3.8) is 0 Å². The van der Waals surface area contributed by atoms with E-state index in [1.165, 1.54) is 18.3 Å². The number of aromatic nitrogens is 1. The maximum absolute atomic E-state index is 13.7. The third-order valence-corrected chi connectivity index (χ3v) is 2.88. The highest BCUT2D eigenvalue weighted by Crippen LogP contribution is 2.20. The molecule has 0 fully saturated rings. The lowest BCUT2D eigenvalue weighted by atomic mass is 10.2. The van der Waals surface area contributed by atoms with E-state index in [1.807, 2.05) is 0 Å². The van der Waals surface area contributed by atoms with Gasteiger partial charge in [-0.05, 0) is 40.2 Å². The molecule has 92 valence electrons. The molecular formula is C12H9BrFN3O. The molecule has 1 aromatic carbocycles. The number of hydrogen-bond acceptors (Lipinski definition) is 3. The van der Waals surface area contributed by atoms with Crippen molar-refractivity contribution in [2.75, 3.05) is 11.1 Å². The molecule has 0 aliphatic heterocycles. The molecule has 0 bridgehead atoms. The molecule has 1 heterocycles. The van der Waals surface area contributed by atoms with Gasteiger partial charge in [0.2, 0.25) is 0 Å². The van der Waals surface area contributed by atoms with E-state index in [0.717, 1.165) is 0 Å². The van der Waals surface area contributed by atoms with Crippen molar-refractivity contribution in [2.24, 2.45) is 0 Å². The van der Waals surface area contributed by atoms with Crippen LogP contribution in [0.4, 0.5) is 15.9 Å². The number of anilines is 2. The van der Waals surface area contributed by atoms with Gasteiger partial charge in [0, 0.05) is 6.20 Å². The molecule has 2 rings (SSSR count). The molecule has 1 amide bonds. The summed E-state index contributed by atoms with van der Waals surface area (Å²) in [7, 11) is 0. The zero-order chi connectivity index (χ0) is 13.1. The highest BCUT2D eigenvalue weighted by molar-refractivity contribution is 9.10. The van der Waals surface area contributed by atoms with Gasteiger partial charge in [0.05, 0.1) is 15.7 Å². The van der Waals surface area contributed by atoms with Gasteiger partial charge in [0.25, 0.3) is 5.91 Å². The molecule has 0 saturated carbocycles. The number of nitrogens with zero attached hydrogens (tertiary/aromatic N) is 1. The summed E-state index contributed by atoms with van der Waals surface area (Å²) in [6.45, 7) is 0. The van der Waals surface area contributed by atoms with Crippen LogP contribution in [0, 0.1) is 5.82 Å². The fraction of sp³-hybridized carbons (Fsp3) is 0. The Morgan fingerprint density at radius 1 is 1.33 bits per heavy atom. The van der Waals surface area contributed by atoms with E-state index in [2.05, 4.69) is 26.2 Å². The summed E-state index contributed by atoms with van der Waals surface area (Å²) < 4.78 is 13.9. The number of hydrogen-bond donors (Lipinski definition) is 2. The fourth-order valence-electron chi connectivity index (χ4n) is 1.38. The van der Waals surface area contributed by atoms with Gasteiger partial charge in [-0.3, -0.25) is 4.79 Å². The van der Waals surface area contributed by atoms with Crippen molar-refractivity contribution in [3.8, 4) is 0 Å². The molecule has 0 aliphatic carbocycles. The average Bonchev–Trinajstić information content (AvgIpc) is 2.35. The molecule has 0 spiro atoms. The smallest absolute Gasteiger partial charge is 0.259 e. The number of rotatable bonds is 2. The summed E-state index contributed by atoms with van der Waals surface area (Å²) in [4.78, 5) is 15.8. The topological polar surface area (TPSA) is 68.0 Å². The van der Waals surface area contributed by atoms with E-state index in [0.29, 0.717) is 5.69 Å². The van der Waals surface area contributed by atoms with Gasteiger partial charge in [0.15, 0.2) is 5.82 Å². The van der Waals surface area contributed by atoms with Crippen molar-refractivity contribution >= 4 is 33.3 Å². The van der Waals surface area contributed by atoms with Gasteiger partial charge in [-0.2, -0.15) is 0 Å². The molecule has 4 nitrogen and oxygen atoms in total. The summed E-state index contributed by atoms with van der Waals surface area (Å²) in [5, 5.41) is 2.46. The number of pyridine rings is 1. The fourth-order valence-corrected chi connectivity index (χ4v) is 1.74. The second-order valence-electron chi connectivity index (χ2n) is 3.50. The summed E-state index contributed by atoms with van der Waals surface area (Å²) in [6, 6.07) is 7.71. The molecule has 0 atom stereocenters. The van der Waals surface area contributed by atoms with Crippen molar-refractivity contribution in [1.82, 2.24) is 4.98 Å². The van der Waals surface area contributed by atoms with Crippen LogP contribution in [0.5, 0.6) is 0 Å². The maximum Gasteiger partial charge on any atom is 0.259 e. The molecular weight excluding hydrogens is 301 g/mol. The summed E-state index contributed by atoms with van der Waals surface area (Å²) in [5.74, 6) is -1.01. The predicted molar refractivity (Wildman–Crippen MR) is 70.7 cm³/mol. The van der Waals surface area contributed by atoms with E-state index in [4.69, 9.17) is 5.73 Å². The summed E-state index contributed by atoms with van der Waals surface area (Å²) in [6.07, 6.45) is 1.49. The maximum atomic E-state index is 13.7. The summed E-state index contributed by atoms with van der Waals surface area (Å²) in [5.41, 5.74) is 5.88. The molecule has 0 radical (unpaired) electrons. The number of carbonyl (C=O) groups is 1. The number of nitrogens with two attached hydrogens (primary N) is 1. The van der Waals surface area contributed by atoms with Crippen LogP contribution in [0.2, 0.25) is 0 Å². The van der Waals surface area contributed by atoms with Gasteiger partial charge in [-0.15, -0.1) is 0 Å². The van der Waals surface area contributed by atoms with Crippen LogP contribution in [0.1, 0.15) is 10.4 Å². The second-order valence-corrected chi connectivity index (χ2v) is 4.35. The molecule has 6 heteroatoms. The highest BCUT2D eigenvalue weighted by atomic mass is 79.9. The van der Waals surface area contributed by atoms with Crippen LogP contribution < -0.4 is 11.1 Å². The standard InChI is InChI=1S/C12H9BrFN3O/c13-8-4-1-3-7(10(8)14)12(18)17-11-9(15)5-2-6-16-11/h1-6H,15H2,(H,16,17,18). The summed E-state index contributed by atoms with van der Waals surface area (Å²) >= 11 is 3.02.